The van der Waals surface area contributed by atoms with Gasteiger partial charge in [-0.15, -0.1) is 0 Å². The van der Waals surface area contributed by atoms with Gasteiger partial charge in [-0.25, -0.2) is 29.4 Å². The van der Waals surface area contributed by atoms with Crippen molar-refractivity contribution in [2.24, 2.45) is 4.99 Å². The summed E-state index contributed by atoms with van der Waals surface area (Å²) in [6, 6.07) is 12.4. The molecule has 12 heteroatoms. The number of anilines is 3. The van der Waals surface area contributed by atoms with Crippen LogP contribution in [0.1, 0.15) is 25.0 Å². The SMILES string of the molecule is Cc1cc(Nc2ncnc3ccc(CC4=NC(C)(C)CO4)c(N4CC(N(C)C)C4)c23)ccc1Oc1cc2ncnn2cn1. The highest BCUT2D eigenvalue weighted by atomic mass is 16.5. The Labute approximate surface area is 249 Å². The van der Waals surface area contributed by atoms with Crippen LogP contribution in [-0.2, 0) is 11.2 Å². The third kappa shape index (κ3) is 5.29. The Balaban J connectivity index is 1.22. The molecule has 5 heterocycles. The van der Waals surface area contributed by atoms with Crippen LogP contribution in [-0.4, -0.2) is 85.7 Å². The fraction of sp³-hybridized carbons (Fsp3) is 0.355. The van der Waals surface area contributed by atoms with Crippen molar-refractivity contribution in [2.75, 3.05) is 44.0 Å². The third-order valence-corrected chi connectivity index (χ3v) is 7.93. The molecule has 0 aliphatic carbocycles. The summed E-state index contributed by atoms with van der Waals surface area (Å²) < 4.78 is 13.7. The van der Waals surface area contributed by atoms with Gasteiger partial charge < -0.3 is 24.6 Å². The van der Waals surface area contributed by atoms with E-state index in [2.05, 4.69) is 75.2 Å². The Morgan fingerprint density at radius 2 is 1.91 bits per heavy atom. The second-order valence-electron chi connectivity index (χ2n) is 12.0. The van der Waals surface area contributed by atoms with Crippen molar-refractivity contribution in [1.82, 2.24) is 34.4 Å². The van der Waals surface area contributed by atoms with Crippen molar-refractivity contribution in [3.05, 3.63) is 66.5 Å². The van der Waals surface area contributed by atoms with E-state index < -0.39 is 0 Å². The minimum Gasteiger partial charge on any atom is -0.478 e. The van der Waals surface area contributed by atoms with E-state index in [1.54, 1.807) is 23.2 Å². The van der Waals surface area contributed by atoms with Crippen molar-refractivity contribution in [3.8, 4) is 11.6 Å². The molecule has 12 nitrogen and oxygen atoms in total. The fourth-order valence-corrected chi connectivity index (χ4v) is 5.51. The molecule has 7 rings (SSSR count). The summed E-state index contributed by atoms with van der Waals surface area (Å²) in [6.07, 6.45) is 5.29. The molecule has 5 aromatic rings. The van der Waals surface area contributed by atoms with Gasteiger partial charge in [0.15, 0.2) is 11.5 Å². The molecule has 3 aromatic heterocycles. The molecule has 0 saturated carbocycles. The summed E-state index contributed by atoms with van der Waals surface area (Å²) in [5.41, 5.74) is 5.46. The van der Waals surface area contributed by atoms with Crippen LogP contribution in [0.25, 0.3) is 16.6 Å². The lowest BCUT2D eigenvalue weighted by molar-refractivity contribution is 0.247. The number of likely N-dealkylation sites (N-methyl/N-ethyl adjacent to an activating group) is 1. The highest BCUT2D eigenvalue weighted by Crippen LogP contribution is 2.39. The number of fused-ring (bicyclic) bond motifs is 2. The molecular formula is C31H34N10O2. The zero-order valence-electron chi connectivity index (χ0n) is 24.9. The zero-order chi connectivity index (χ0) is 29.7. The topological polar surface area (TPSA) is 118 Å². The van der Waals surface area contributed by atoms with Gasteiger partial charge in [0, 0.05) is 30.9 Å². The largest absolute Gasteiger partial charge is 0.478 e. The average molecular weight is 579 g/mol. The Morgan fingerprint density at radius 1 is 1.05 bits per heavy atom. The average Bonchev–Trinajstić information content (AvgIpc) is 3.55. The normalized spacial score (nSPS) is 16.4. The first-order valence-electron chi connectivity index (χ1n) is 14.3. The number of aromatic nitrogens is 6. The first-order valence-corrected chi connectivity index (χ1v) is 14.3. The fourth-order valence-electron chi connectivity index (χ4n) is 5.51. The third-order valence-electron chi connectivity index (χ3n) is 7.93. The maximum Gasteiger partial charge on any atom is 0.224 e. The van der Waals surface area contributed by atoms with E-state index >= 15 is 0 Å². The van der Waals surface area contributed by atoms with E-state index in [1.807, 2.05) is 25.1 Å². The number of aliphatic imine (C=N–C) groups is 1. The molecule has 0 unspecified atom stereocenters. The van der Waals surface area contributed by atoms with Gasteiger partial charge in [0.2, 0.25) is 5.88 Å². The van der Waals surface area contributed by atoms with Crippen LogP contribution in [0.3, 0.4) is 0 Å². The van der Waals surface area contributed by atoms with E-state index in [0.29, 0.717) is 36.3 Å². The van der Waals surface area contributed by atoms with E-state index in [1.165, 1.54) is 6.33 Å². The number of hydrogen-bond acceptors (Lipinski definition) is 11. The molecule has 0 atom stereocenters. The molecule has 1 N–H and O–H groups in total. The second kappa shape index (κ2) is 10.5. The van der Waals surface area contributed by atoms with Crippen LogP contribution in [0.5, 0.6) is 11.6 Å². The lowest BCUT2D eigenvalue weighted by atomic mass is 9.98. The van der Waals surface area contributed by atoms with Gasteiger partial charge in [0.25, 0.3) is 0 Å². The highest BCUT2D eigenvalue weighted by Gasteiger charge is 2.33. The zero-order valence-corrected chi connectivity index (χ0v) is 24.9. The van der Waals surface area contributed by atoms with E-state index in [9.17, 15) is 0 Å². The first kappa shape index (κ1) is 27.0. The standard InChI is InChI=1S/C31H34N10O2/c1-19-10-21(7-9-24(19)43-26-12-25-33-17-36-41(25)18-35-26)37-30-28-23(32-16-34-30)8-6-20(11-27-38-31(2,3)15-42-27)29(28)40-13-22(14-40)39(4)5/h6-10,12,16-18,22H,11,13-15H2,1-5H3,(H,32,34,37). The number of aryl methyl sites for hydroxylation is 1. The van der Waals surface area contributed by atoms with E-state index in [4.69, 9.17) is 19.5 Å². The molecule has 2 aliphatic heterocycles. The van der Waals surface area contributed by atoms with Gasteiger partial charge in [-0.3, -0.25) is 0 Å². The van der Waals surface area contributed by atoms with Crippen molar-refractivity contribution < 1.29 is 9.47 Å². The first-order chi connectivity index (χ1) is 20.7. The van der Waals surface area contributed by atoms with Crippen molar-refractivity contribution in [2.45, 2.75) is 38.8 Å². The number of rotatable bonds is 8. The molecule has 2 aromatic carbocycles. The smallest absolute Gasteiger partial charge is 0.224 e. The predicted octanol–water partition coefficient (Wildman–Crippen LogP) is 4.41. The number of ether oxygens (including phenoxy) is 2. The number of nitrogens with one attached hydrogen (secondary N) is 1. The maximum absolute atomic E-state index is 6.08. The van der Waals surface area contributed by atoms with Crippen LogP contribution in [0.15, 0.2) is 60.4 Å². The van der Waals surface area contributed by atoms with Gasteiger partial charge >= 0.3 is 0 Å². The summed E-state index contributed by atoms with van der Waals surface area (Å²) in [5.74, 6) is 2.67. The highest BCUT2D eigenvalue weighted by molar-refractivity contribution is 6.03. The molecule has 0 radical (unpaired) electrons. The Morgan fingerprint density at radius 3 is 2.67 bits per heavy atom. The minimum absolute atomic E-state index is 0.206. The van der Waals surface area contributed by atoms with Crippen LogP contribution < -0.4 is 15.0 Å². The van der Waals surface area contributed by atoms with Gasteiger partial charge in [-0.2, -0.15) is 5.10 Å². The number of hydrogen-bond donors (Lipinski definition) is 1. The van der Waals surface area contributed by atoms with Gasteiger partial charge in [-0.1, -0.05) is 6.07 Å². The van der Waals surface area contributed by atoms with E-state index in [-0.39, 0.29) is 5.54 Å². The number of nitrogens with zero attached hydrogens (tertiary/aromatic N) is 9. The molecule has 43 heavy (non-hydrogen) atoms. The predicted molar refractivity (Wildman–Crippen MR) is 166 cm³/mol. The second-order valence-corrected chi connectivity index (χ2v) is 12.0. The Bertz CT molecular complexity index is 1860. The molecule has 1 saturated heterocycles. The summed E-state index contributed by atoms with van der Waals surface area (Å²) in [4.78, 5) is 27.4. The van der Waals surface area contributed by atoms with Crippen molar-refractivity contribution in [1.29, 1.82) is 0 Å². The molecule has 220 valence electrons. The molecule has 0 amide bonds. The van der Waals surface area contributed by atoms with Gasteiger partial charge in [0.05, 0.1) is 28.6 Å². The molecule has 2 aliphatic rings. The lowest BCUT2D eigenvalue weighted by Gasteiger charge is -2.45. The maximum atomic E-state index is 6.08. The van der Waals surface area contributed by atoms with Crippen LogP contribution in [0, 0.1) is 6.92 Å². The molecule has 1 fully saturated rings. The lowest BCUT2D eigenvalue weighted by Crippen LogP contribution is -2.57. The summed E-state index contributed by atoms with van der Waals surface area (Å²) in [6.45, 7) is 8.64. The molecule has 0 spiro atoms. The molecule has 0 bridgehead atoms. The summed E-state index contributed by atoms with van der Waals surface area (Å²) in [5, 5.41) is 8.64. The summed E-state index contributed by atoms with van der Waals surface area (Å²) >= 11 is 0. The monoisotopic (exact) mass is 578 g/mol. The Hall–Kier alpha value is -4.84. The molecular weight excluding hydrogens is 544 g/mol. The van der Waals surface area contributed by atoms with Gasteiger partial charge in [0.1, 0.15) is 37.2 Å². The number of benzene rings is 2. The van der Waals surface area contributed by atoms with Crippen LogP contribution in [0.4, 0.5) is 17.2 Å². The van der Waals surface area contributed by atoms with E-state index in [0.717, 1.165) is 58.2 Å². The Kier molecular flexibility index (Phi) is 6.57. The van der Waals surface area contributed by atoms with Gasteiger partial charge in [-0.05, 0) is 70.3 Å². The minimum atomic E-state index is -0.206. The van der Waals surface area contributed by atoms with Crippen molar-refractivity contribution >= 4 is 39.6 Å². The quantitative estimate of drug-likeness (QED) is 0.284. The van der Waals surface area contributed by atoms with Crippen LogP contribution in [0.2, 0.25) is 0 Å². The van der Waals surface area contributed by atoms with Crippen LogP contribution >= 0.6 is 0 Å². The summed E-state index contributed by atoms with van der Waals surface area (Å²) in [7, 11) is 4.26. The van der Waals surface area contributed by atoms with Crippen molar-refractivity contribution in [3.63, 3.8) is 0 Å².